The Bertz CT molecular complexity index is 1440. The summed E-state index contributed by atoms with van der Waals surface area (Å²) in [6.45, 7) is 2.56. The van der Waals surface area contributed by atoms with E-state index in [2.05, 4.69) is 31.2 Å². The molecule has 0 aromatic heterocycles. The summed E-state index contributed by atoms with van der Waals surface area (Å²) in [5.74, 6) is 0.683. The molecule has 0 aliphatic carbocycles. The van der Waals surface area contributed by atoms with Crippen LogP contribution in [0.2, 0.25) is 0 Å². The Morgan fingerprint density at radius 2 is 1.66 bits per heavy atom. The van der Waals surface area contributed by atoms with Crippen LogP contribution < -0.4 is 4.74 Å². The largest absolute Gasteiger partial charge is 0.488 e. The third-order valence-corrected chi connectivity index (χ3v) is 7.10. The highest BCUT2D eigenvalue weighted by Gasteiger charge is 2.31. The summed E-state index contributed by atoms with van der Waals surface area (Å²) in [7, 11) is 1.78. The van der Waals surface area contributed by atoms with E-state index in [1.807, 2.05) is 72.8 Å². The molecule has 1 amide bonds. The van der Waals surface area contributed by atoms with Crippen molar-refractivity contribution in [3.8, 4) is 5.75 Å². The van der Waals surface area contributed by atoms with Crippen molar-refractivity contribution >= 4 is 45.4 Å². The lowest BCUT2D eigenvalue weighted by molar-refractivity contribution is -0.121. The van der Waals surface area contributed by atoms with Crippen molar-refractivity contribution in [3.05, 3.63) is 113 Å². The fraction of sp³-hybridized carbons (Fsp3) is 0.133. The number of benzene rings is 4. The van der Waals surface area contributed by atoms with Gasteiger partial charge < -0.3 is 4.74 Å². The van der Waals surface area contributed by atoms with Crippen LogP contribution in [-0.2, 0) is 17.8 Å². The van der Waals surface area contributed by atoms with Gasteiger partial charge in [-0.2, -0.15) is 0 Å². The Morgan fingerprint density at radius 3 is 2.49 bits per heavy atom. The third kappa shape index (κ3) is 4.86. The number of thioether (sulfide) groups is 1. The van der Waals surface area contributed by atoms with Crippen molar-refractivity contribution in [1.29, 1.82) is 0 Å². The summed E-state index contributed by atoms with van der Waals surface area (Å²) in [5.41, 5.74) is 4.05. The van der Waals surface area contributed by atoms with Crippen LogP contribution in [0.4, 0.5) is 5.69 Å². The van der Waals surface area contributed by atoms with Crippen LogP contribution in [0.5, 0.6) is 5.75 Å². The molecule has 0 saturated carbocycles. The van der Waals surface area contributed by atoms with Gasteiger partial charge in [-0.1, -0.05) is 85.8 Å². The average molecular weight is 479 g/mol. The monoisotopic (exact) mass is 478 g/mol. The topological polar surface area (TPSA) is 41.9 Å². The summed E-state index contributed by atoms with van der Waals surface area (Å²) in [4.78, 5) is 20.3. The molecule has 4 aromatic rings. The zero-order chi connectivity index (χ0) is 24.2. The predicted molar refractivity (Wildman–Crippen MR) is 146 cm³/mol. The van der Waals surface area contributed by atoms with E-state index >= 15 is 0 Å². The zero-order valence-corrected chi connectivity index (χ0v) is 20.6. The molecule has 174 valence electrons. The SMILES string of the molecule is CCc1ccccc1N=C1S/C(=C/c2c(OCc3ccccc3)ccc3ccccc23)C(=O)N1C. The first-order chi connectivity index (χ1) is 17.1. The summed E-state index contributed by atoms with van der Waals surface area (Å²) < 4.78 is 6.25. The molecule has 1 aliphatic rings. The van der Waals surface area contributed by atoms with Crippen molar-refractivity contribution < 1.29 is 9.53 Å². The van der Waals surface area contributed by atoms with Gasteiger partial charge in [-0.3, -0.25) is 9.69 Å². The maximum atomic E-state index is 13.2. The maximum Gasteiger partial charge on any atom is 0.266 e. The summed E-state index contributed by atoms with van der Waals surface area (Å²) in [6.07, 6.45) is 2.83. The average Bonchev–Trinajstić information content (AvgIpc) is 3.16. The molecule has 0 N–H and O–H groups in total. The minimum Gasteiger partial charge on any atom is -0.488 e. The summed E-state index contributed by atoms with van der Waals surface area (Å²) >= 11 is 1.40. The first kappa shape index (κ1) is 22.9. The van der Waals surface area contributed by atoms with Crippen LogP contribution in [0, 0.1) is 0 Å². The molecule has 0 unspecified atom stereocenters. The lowest BCUT2D eigenvalue weighted by Crippen LogP contribution is -2.23. The Morgan fingerprint density at radius 1 is 0.914 bits per heavy atom. The number of fused-ring (bicyclic) bond motifs is 1. The highest BCUT2D eigenvalue weighted by Crippen LogP contribution is 2.37. The molecule has 0 spiro atoms. The van der Waals surface area contributed by atoms with E-state index in [1.54, 1.807) is 11.9 Å². The lowest BCUT2D eigenvalue weighted by Gasteiger charge is -2.13. The fourth-order valence-corrected chi connectivity index (χ4v) is 5.05. The van der Waals surface area contributed by atoms with Crippen molar-refractivity contribution in [2.24, 2.45) is 4.99 Å². The maximum absolute atomic E-state index is 13.2. The Hall–Kier alpha value is -3.83. The molecular formula is C30H26N2O2S. The van der Waals surface area contributed by atoms with E-state index in [0.29, 0.717) is 16.7 Å². The number of likely N-dealkylation sites (N-methyl/N-ethyl adjacent to an activating group) is 1. The highest BCUT2D eigenvalue weighted by molar-refractivity contribution is 8.18. The van der Waals surface area contributed by atoms with Crippen LogP contribution in [0.3, 0.4) is 0 Å². The number of amidine groups is 1. The van der Waals surface area contributed by atoms with E-state index in [1.165, 1.54) is 11.8 Å². The lowest BCUT2D eigenvalue weighted by atomic mass is 10.0. The number of nitrogens with zero attached hydrogens (tertiary/aromatic N) is 2. The quantitative estimate of drug-likeness (QED) is 0.275. The van der Waals surface area contributed by atoms with Crippen molar-refractivity contribution in [2.75, 3.05) is 7.05 Å². The molecule has 1 saturated heterocycles. The molecule has 0 atom stereocenters. The van der Waals surface area contributed by atoms with E-state index in [4.69, 9.17) is 9.73 Å². The minimum absolute atomic E-state index is 0.0651. The Labute approximate surface area is 210 Å². The molecule has 1 aliphatic heterocycles. The molecule has 0 radical (unpaired) electrons. The Balaban J connectivity index is 1.53. The van der Waals surface area contributed by atoms with Gasteiger partial charge in [0.15, 0.2) is 5.17 Å². The predicted octanol–water partition coefficient (Wildman–Crippen LogP) is 7.22. The number of carbonyl (C=O) groups is 1. The number of aryl methyl sites for hydroxylation is 1. The number of aliphatic imine (C=N–C) groups is 1. The van der Waals surface area contributed by atoms with E-state index < -0.39 is 0 Å². The molecule has 4 aromatic carbocycles. The van der Waals surface area contributed by atoms with Crippen molar-refractivity contribution in [3.63, 3.8) is 0 Å². The normalized spacial score (nSPS) is 15.9. The number of hydrogen-bond acceptors (Lipinski definition) is 4. The molecule has 35 heavy (non-hydrogen) atoms. The second-order valence-electron chi connectivity index (χ2n) is 8.32. The van der Waals surface area contributed by atoms with Gasteiger partial charge >= 0.3 is 0 Å². The molecule has 4 nitrogen and oxygen atoms in total. The van der Waals surface area contributed by atoms with Gasteiger partial charge in [0.1, 0.15) is 12.4 Å². The third-order valence-electron chi connectivity index (χ3n) is 6.04. The van der Waals surface area contributed by atoms with Crippen LogP contribution in [-0.4, -0.2) is 23.0 Å². The van der Waals surface area contributed by atoms with Gasteiger partial charge in [-0.15, -0.1) is 0 Å². The Kier molecular flexibility index (Phi) is 6.68. The van der Waals surface area contributed by atoms with Gasteiger partial charge in [0.25, 0.3) is 5.91 Å². The van der Waals surface area contributed by atoms with E-state index in [9.17, 15) is 4.79 Å². The fourth-order valence-electron chi connectivity index (χ4n) is 4.09. The van der Waals surface area contributed by atoms with Gasteiger partial charge in [-0.25, -0.2) is 4.99 Å². The number of ether oxygens (including phenoxy) is 1. The van der Waals surface area contributed by atoms with Crippen molar-refractivity contribution in [1.82, 2.24) is 4.90 Å². The summed E-state index contributed by atoms with van der Waals surface area (Å²) in [5, 5.41) is 2.82. The highest BCUT2D eigenvalue weighted by atomic mass is 32.2. The zero-order valence-electron chi connectivity index (χ0n) is 19.8. The number of para-hydroxylation sites is 1. The second-order valence-corrected chi connectivity index (χ2v) is 9.33. The van der Waals surface area contributed by atoms with Crippen LogP contribution in [0.15, 0.2) is 101 Å². The van der Waals surface area contributed by atoms with Crippen LogP contribution in [0.25, 0.3) is 16.8 Å². The van der Waals surface area contributed by atoms with Gasteiger partial charge in [0.2, 0.25) is 0 Å². The van der Waals surface area contributed by atoms with Crippen LogP contribution in [0.1, 0.15) is 23.6 Å². The van der Waals surface area contributed by atoms with E-state index in [-0.39, 0.29) is 5.91 Å². The molecule has 5 heteroatoms. The number of hydrogen-bond donors (Lipinski definition) is 0. The molecule has 1 heterocycles. The molecular weight excluding hydrogens is 452 g/mol. The van der Waals surface area contributed by atoms with Gasteiger partial charge in [-0.05, 0) is 58.3 Å². The number of rotatable bonds is 6. The molecule has 5 rings (SSSR count). The van der Waals surface area contributed by atoms with Crippen molar-refractivity contribution in [2.45, 2.75) is 20.0 Å². The first-order valence-electron chi connectivity index (χ1n) is 11.7. The molecule has 1 fully saturated rings. The number of carbonyl (C=O) groups excluding carboxylic acids is 1. The first-order valence-corrected chi connectivity index (χ1v) is 12.5. The van der Waals surface area contributed by atoms with Gasteiger partial charge in [0, 0.05) is 12.6 Å². The minimum atomic E-state index is -0.0651. The van der Waals surface area contributed by atoms with Gasteiger partial charge in [0.05, 0.1) is 10.6 Å². The van der Waals surface area contributed by atoms with E-state index in [0.717, 1.165) is 45.3 Å². The van der Waals surface area contributed by atoms with Crippen LogP contribution >= 0.6 is 11.8 Å². The molecule has 0 bridgehead atoms. The standard InChI is InChI=1S/C30H26N2O2S/c1-3-22-13-8-10-16-26(22)31-30-32(2)29(33)28(35-30)19-25-24-15-9-7-14-23(24)17-18-27(25)34-20-21-11-5-4-6-12-21/h4-19H,3,20H2,1-2H3/b28-19+,31-30?. The smallest absolute Gasteiger partial charge is 0.266 e. The summed E-state index contributed by atoms with van der Waals surface area (Å²) in [6, 6.07) is 30.3. The number of amides is 1. The second kappa shape index (κ2) is 10.2.